The molecule has 1 N–H and O–H groups in total. The molecule has 1 saturated heterocycles. The molecule has 1 unspecified atom stereocenters. The molecule has 1 aromatic rings. The lowest BCUT2D eigenvalue weighted by Crippen LogP contribution is -2.35. The van der Waals surface area contributed by atoms with Gasteiger partial charge in [0.2, 0.25) is 10.0 Å². The zero-order chi connectivity index (χ0) is 14.6. The summed E-state index contributed by atoms with van der Waals surface area (Å²) in [6.07, 6.45) is 2.28. The molecule has 0 aromatic heterocycles. The summed E-state index contributed by atoms with van der Waals surface area (Å²) in [7, 11) is -3.47. The van der Waals surface area contributed by atoms with Crippen LogP contribution < -0.4 is 4.72 Å². The average Bonchev–Trinajstić information content (AvgIpc) is 2.61. The predicted octanol–water partition coefficient (Wildman–Crippen LogP) is 2.47. The maximum atomic E-state index is 13.0. The molecular weight excluding hydrogens is 305 g/mol. The average molecular weight is 322 g/mol. The van der Waals surface area contributed by atoms with Crippen LogP contribution in [0.15, 0.2) is 18.2 Å². The summed E-state index contributed by atoms with van der Waals surface area (Å²) in [6.45, 7) is 1.24. The Morgan fingerprint density at radius 3 is 2.90 bits per heavy atom. The molecule has 0 spiro atoms. The van der Waals surface area contributed by atoms with Crippen LogP contribution in [-0.2, 0) is 20.5 Å². The molecule has 4 nitrogen and oxygen atoms in total. The van der Waals surface area contributed by atoms with E-state index in [1.165, 1.54) is 18.2 Å². The van der Waals surface area contributed by atoms with Crippen LogP contribution >= 0.6 is 11.6 Å². The highest BCUT2D eigenvalue weighted by Crippen LogP contribution is 2.18. The van der Waals surface area contributed by atoms with E-state index in [-0.39, 0.29) is 16.8 Å². The van der Waals surface area contributed by atoms with E-state index in [4.69, 9.17) is 16.3 Å². The predicted molar refractivity (Wildman–Crippen MR) is 75.6 cm³/mol. The Labute approximate surface area is 123 Å². The van der Waals surface area contributed by atoms with Crippen molar-refractivity contribution in [3.8, 4) is 0 Å². The molecule has 0 amide bonds. The minimum Gasteiger partial charge on any atom is -0.381 e. The molecule has 112 valence electrons. The SMILES string of the molecule is O=S(=O)(Cc1ccc(F)c(Cl)c1)NC1CCCOCC1. The van der Waals surface area contributed by atoms with Gasteiger partial charge in [-0.1, -0.05) is 17.7 Å². The fourth-order valence-corrected chi connectivity index (χ4v) is 3.81. The number of hydrogen-bond acceptors (Lipinski definition) is 3. The van der Waals surface area contributed by atoms with E-state index in [0.29, 0.717) is 25.2 Å². The topological polar surface area (TPSA) is 55.4 Å². The van der Waals surface area contributed by atoms with Crippen LogP contribution in [-0.4, -0.2) is 27.7 Å². The maximum absolute atomic E-state index is 13.0. The first-order chi connectivity index (χ1) is 9.46. The van der Waals surface area contributed by atoms with Gasteiger partial charge < -0.3 is 4.74 Å². The first-order valence-corrected chi connectivity index (χ1v) is 8.51. The van der Waals surface area contributed by atoms with Gasteiger partial charge in [-0.2, -0.15) is 0 Å². The molecule has 1 aromatic carbocycles. The van der Waals surface area contributed by atoms with Crippen LogP contribution in [0.5, 0.6) is 0 Å². The van der Waals surface area contributed by atoms with Crippen molar-refractivity contribution in [2.45, 2.75) is 31.1 Å². The zero-order valence-electron chi connectivity index (χ0n) is 10.9. The Kier molecular flexibility index (Phi) is 5.37. The van der Waals surface area contributed by atoms with Crippen molar-refractivity contribution in [1.29, 1.82) is 0 Å². The Bertz CT molecular complexity index is 557. The lowest BCUT2D eigenvalue weighted by molar-refractivity contribution is 0.143. The molecule has 0 aliphatic carbocycles. The van der Waals surface area contributed by atoms with Gasteiger partial charge >= 0.3 is 0 Å². The molecule has 7 heteroatoms. The molecule has 1 aliphatic heterocycles. The van der Waals surface area contributed by atoms with Crippen molar-refractivity contribution in [3.63, 3.8) is 0 Å². The van der Waals surface area contributed by atoms with Gasteiger partial charge in [-0.15, -0.1) is 0 Å². The Balaban J connectivity index is 2.00. The molecule has 0 bridgehead atoms. The van der Waals surface area contributed by atoms with Crippen LogP contribution in [0.2, 0.25) is 5.02 Å². The summed E-state index contributed by atoms with van der Waals surface area (Å²) >= 11 is 5.65. The van der Waals surface area contributed by atoms with Crippen molar-refractivity contribution >= 4 is 21.6 Å². The standard InChI is InChI=1S/C13H17ClFNO3S/c14-12-8-10(3-4-13(12)15)9-20(17,18)16-11-2-1-6-19-7-5-11/h3-4,8,11,16H,1-2,5-7,9H2. The first-order valence-electron chi connectivity index (χ1n) is 6.48. The number of ether oxygens (including phenoxy) is 1. The molecule has 1 heterocycles. The lowest BCUT2D eigenvalue weighted by atomic mass is 10.1. The van der Waals surface area contributed by atoms with Crippen molar-refractivity contribution < 1.29 is 17.5 Å². The second-order valence-corrected chi connectivity index (χ2v) is 7.03. The van der Waals surface area contributed by atoms with Crippen molar-refractivity contribution in [2.75, 3.05) is 13.2 Å². The number of sulfonamides is 1. The number of benzene rings is 1. The molecule has 0 radical (unpaired) electrons. The Morgan fingerprint density at radius 2 is 2.15 bits per heavy atom. The van der Waals surface area contributed by atoms with Crippen LogP contribution in [0.25, 0.3) is 0 Å². The third kappa shape index (κ3) is 4.70. The van der Waals surface area contributed by atoms with Gasteiger partial charge in [-0.25, -0.2) is 17.5 Å². The van der Waals surface area contributed by atoms with Gasteiger partial charge in [0.25, 0.3) is 0 Å². The van der Waals surface area contributed by atoms with Crippen LogP contribution in [0.1, 0.15) is 24.8 Å². The van der Waals surface area contributed by atoms with E-state index < -0.39 is 15.8 Å². The van der Waals surface area contributed by atoms with Crippen LogP contribution in [0.4, 0.5) is 4.39 Å². The second-order valence-electron chi connectivity index (χ2n) is 4.87. The summed E-state index contributed by atoms with van der Waals surface area (Å²) < 4.78 is 45.2. The minimum absolute atomic E-state index is 0.0689. The highest BCUT2D eigenvalue weighted by atomic mass is 35.5. The highest BCUT2D eigenvalue weighted by Gasteiger charge is 2.20. The molecule has 1 fully saturated rings. The lowest BCUT2D eigenvalue weighted by Gasteiger charge is -2.15. The van der Waals surface area contributed by atoms with E-state index in [0.717, 1.165) is 12.8 Å². The number of hydrogen-bond donors (Lipinski definition) is 1. The van der Waals surface area contributed by atoms with E-state index in [9.17, 15) is 12.8 Å². The zero-order valence-corrected chi connectivity index (χ0v) is 12.5. The highest BCUT2D eigenvalue weighted by molar-refractivity contribution is 7.88. The summed E-state index contributed by atoms with van der Waals surface area (Å²) in [4.78, 5) is 0. The smallest absolute Gasteiger partial charge is 0.216 e. The third-order valence-electron chi connectivity index (χ3n) is 3.14. The summed E-state index contributed by atoms with van der Waals surface area (Å²) in [5.41, 5.74) is 0.466. The van der Waals surface area contributed by atoms with Gasteiger partial charge in [0, 0.05) is 19.3 Å². The molecule has 2 rings (SSSR count). The van der Waals surface area contributed by atoms with Gasteiger partial charge in [-0.05, 0) is 37.0 Å². The fraction of sp³-hybridized carbons (Fsp3) is 0.538. The maximum Gasteiger partial charge on any atom is 0.216 e. The molecule has 20 heavy (non-hydrogen) atoms. The number of halogens is 2. The van der Waals surface area contributed by atoms with Gasteiger partial charge in [0.15, 0.2) is 0 Å². The number of rotatable bonds is 4. The molecule has 0 saturated carbocycles. The van der Waals surface area contributed by atoms with Crippen LogP contribution in [0, 0.1) is 5.82 Å². The Hall–Kier alpha value is -0.690. The molecular formula is C13H17ClFNO3S. The van der Waals surface area contributed by atoms with Crippen molar-refractivity contribution in [1.82, 2.24) is 4.72 Å². The van der Waals surface area contributed by atoms with E-state index >= 15 is 0 Å². The number of nitrogens with one attached hydrogen (secondary N) is 1. The monoisotopic (exact) mass is 321 g/mol. The quantitative estimate of drug-likeness (QED) is 0.927. The van der Waals surface area contributed by atoms with Gasteiger partial charge in [0.05, 0.1) is 10.8 Å². The van der Waals surface area contributed by atoms with E-state index in [1.54, 1.807) is 0 Å². The third-order valence-corrected chi connectivity index (χ3v) is 4.83. The molecule has 1 atom stereocenters. The van der Waals surface area contributed by atoms with E-state index in [2.05, 4.69) is 4.72 Å². The van der Waals surface area contributed by atoms with Gasteiger partial charge in [-0.3, -0.25) is 0 Å². The first kappa shape index (κ1) is 15.7. The fourth-order valence-electron chi connectivity index (χ4n) is 2.17. The summed E-state index contributed by atoms with van der Waals surface area (Å²) in [5, 5.41) is -0.0689. The largest absolute Gasteiger partial charge is 0.381 e. The minimum atomic E-state index is -3.47. The normalized spacial score (nSPS) is 20.6. The van der Waals surface area contributed by atoms with Crippen LogP contribution in [0.3, 0.4) is 0 Å². The van der Waals surface area contributed by atoms with Crippen molar-refractivity contribution in [3.05, 3.63) is 34.6 Å². The summed E-state index contributed by atoms with van der Waals surface area (Å²) in [5.74, 6) is -0.758. The Morgan fingerprint density at radius 1 is 1.35 bits per heavy atom. The second kappa shape index (κ2) is 6.85. The van der Waals surface area contributed by atoms with Gasteiger partial charge in [0.1, 0.15) is 5.82 Å². The van der Waals surface area contributed by atoms with E-state index in [1.807, 2.05) is 0 Å². The summed E-state index contributed by atoms with van der Waals surface area (Å²) in [6, 6.07) is 3.84. The molecule has 1 aliphatic rings. The van der Waals surface area contributed by atoms with Crippen molar-refractivity contribution in [2.24, 2.45) is 0 Å².